The standard InChI is InChI=1S/C6H11N2O5P/c9-6(10)5-1-4(7-3-8-5)2-14(11,12)13/h3-5H,1-2H2,(H,7,8)(H,9,10)(H2,11,12,13). The fourth-order valence-corrected chi connectivity index (χ4v) is 2.04. The molecule has 80 valence electrons. The van der Waals surface area contributed by atoms with Crippen molar-refractivity contribution in [2.75, 3.05) is 6.16 Å². The molecule has 7 nitrogen and oxygen atoms in total. The molecule has 0 saturated heterocycles. The van der Waals surface area contributed by atoms with Crippen LogP contribution in [0, 0.1) is 0 Å². The Morgan fingerprint density at radius 2 is 2.29 bits per heavy atom. The Morgan fingerprint density at radius 1 is 1.64 bits per heavy atom. The van der Waals surface area contributed by atoms with E-state index < -0.39 is 25.6 Å². The summed E-state index contributed by atoms with van der Waals surface area (Å²) in [6, 6.07) is -1.44. The largest absolute Gasteiger partial charge is 0.480 e. The molecule has 0 aromatic rings. The van der Waals surface area contributed by atoms with Crippen LogP contribution in [-0.4, -0.2) is 45.4 Å². The zero-order chi connectivity index (χ0) is 10.8. The Balaban J connectivity index is 2.56. The number of nitrogens with one attached hydrogen (secondary N) is 1. The van der Waals surface area contributed by atoms with Gasteiger partial charge in [0.2, 0.25) is 0 Å². The average Bonchev–Trinajstić information content (AvgIpc) is 2.01. The van der Waals surface area contributed by atoms with Crippen LogP contribution in [0.15, 0.2) is 4.99 Å². The van der Waals surface area contributed by atoms with E-state index in [2.05, 4.69) is 10.3 Å². The molecule has 1 rings (SSSR count). The molecule has 0 amide bonds. The molecule has 0 fully saturated rings. The lowest BCUT2D eigenvalue weighted by Crippen LogP contribution is -2.41. The Hall–Kier alpha value is -0.910. The lowest BCUT2D eigenvalue weighted by Gasteiger charge is -2.23. The first-order valence-corrected chi connectivity index (χ1v) is 5.73. The van der Waals surface area contributed by atoms with Crippen molar-refractivity contribution in [3.05, 3.63) is 0 Å². The predicted octanol–water partition coefficient (Wildman–Crippen LogP) is -0.993. The van der Waals surface area contributed by atoms with Crippen LogP contribution in [0.2, 0.25) is 0 Å². The molecule has 4 N–H and O–H groups in total. The van der Waals surface area contributed by atoms with Crippen LogP contribution in [-0.2, 0) is 9.36 Å². The van der Waals surface area contributed by atoms with Crippen molar-refractivity contribution in [1.82, 2.24) is 5.32 Å². The molecule has 1 aliphatic rings. The van der Waals surface area contributed by atoms with E-state index in [1.807, 2.05) is 0 Å². The van der Waals surface area contributed by atoms with Crippen LogP contribution in [0.5, 0.6) is 0 Å². The first-order chi connectivity index (χ1) is 6.38. The summed E-state index contributed by atoms with van der Waals surface area (Å²) in [7, 11) is -4.11. The van der Waals surface area contributed by atoms with Crippen molar-refractivity contribution < 1.29 is 24.3 Å². The zero-order valence-electron chi connectivity index (χ0n) is 7.20. The number of hydrogen-bond donors (Lipinski definition) is 4. The van der Waals surface area contributed by atoms with Crippen molar-refractivity contribution in [2.45, 2.75) is 18.5 Å². The molecule has 1 heterocycles. The molecule has 1 aliphatic heterocycles. The molecule has 0 bridgehead atoms. The maximum absolute atomic E-state index is 10.6. The number of nitrogens with zero attached hydrogens (tertiary/aromatic N) is 1. The van der Waals surface area contributed by atoms with Gasteiger partial charge in [-0.1, -0.05) is 0 Å². The van der Waals surface area contributed by atoms with Crippen molar-refractivity contribution in [3.8, 4) is 0 Å². The molecule has 0 spiro atoms. The molecule has 0 aromatic heterocycles. The highest BCUT2D eigenvalue weighted by Gasteiger charge is 2.28. The fraction of sp³-hybridized carbons (Fsp3) is 0.667. The summed E-state index contributed by atoms with van der Waals surface area (Å²) >= 11 is 0. The second kappa shape index (κ2) is 4.08. The van der Waals surface area contributed by atoms with E-state index in [1.165, 1.54) is 6.34 Å². The van der Waals surface area contributed by atoms with E-state index in [4.69, 9.17) is 14.9 Å². The van der Waals surface area contributed by atoms with Gasteiger partial charge in [-0.25, -0.2) is 4.79 Å². The highest BCUT2D eigenvalue weighted by Crippen LogP contribution is 2.36. The third-order valence-electron chi connectivity index (χ3n) is 1.82. The van der Waals surface area contributed by atoms with E-state index in [0.717, 1.165) is 0 Å². The summed E-state index contributed by atoms with van der Waals surface area (Å²) in [4.78, 5) is 31.5. The monoisotopic (exact) mass is 222 g/mol. The van der Waals surface area contributed by atoms with E-state index in [0.29, 0.717) is 0 Å². The van der Waals surface area contributed by atoms with Crippen LogP contribution in [0.3, 0.4) is 0 Å². The van der Waals surface area contributed by atoms with Crippen molar-refractivity contribution >= 4 is 19.9 Å². The Morgan fingerprint density at radius 3 is 2.79 bits per heavy atom. The number of aliphatic carboxylic acids is 1. The van der Waals surface area contributed by atoms with Crippen LogP contribution in [0.1, 0.15) is 6.42 Å². The van der Waals surface area contributed by atoms with E-state index >= 15 is 0 Å². The summed E-state index contributed by atoms with van der Waals surface area (Å²) in [6.07, 6.45) is 0.905. The smallest absolute Gasteiger partial charge is 0.328 e. The van der Waals surface area contributed by atoms with Gasteiger partial charge in [-0.3, -0.25) is 9.56 Å². The molecule has 0 aromatic carbocycles. The first-order valence-electron chi connectivity index (χ1n) is 3.93. The number of hydrogen-bond acceptors (Lipinski definition) is 4. The molecule has 0 saturated carbocycles. The zero-order valence-corrected chi connectivity index (χ0v) is 8.09. The summed E-state index contributed by atoms with van der Waals surface area (Å²) in [5.41, 5.74) is 0. The third-order valence-corrected chi connectivity index (χ3v) is 2.73. The lowest BCUT2D eigenvalue weighted by atomic mass is 10.1. The number of rotatable bonds is 3. The predicted molar refractivity (Wildman–Crippen MR) is 48.4 cm³/mol. The van der Waals surface area contributed by atoms with Gasteiger partial charge in [0, 0.05) is 12.5 Å². The summed E-state index contributed by atoms with van der Waals surface area (Å²) in [5, 5.41) is 11.2. The third kappa shape index (κ3) is 3.45. The minimum absolute atomic E-state index is 0.0942. The molecule has 14 heavy (non-hydrogen) atoms. The molecule has 0 aliphatic carbocycles. The van der Waals surface area contributed by atoms with E-state index in [1.54, 1.807) is 0 Å². The second-order valence-corrected chi connectivity index (χ2v) is 4.77. The second-order valence-electron chi connectivity index (χ2n) is 3.08. The van der Waals surface area contributed by atoms with Crippen LogP contribution in [0.25, 0.3) is 0 Å². The minimum Gasteiger partial charge on any atom is -0.480 e. The quantitative estimate of drug-likeness (QED) is 0.455. The fourth-order valence-electron chi connectivity index (χ4n) is 1.22. The van der Waals surface area contributed by atoms with Crippen molar-refractivity contribution in [1.29, 1.82) is 0 Å². The summed E-state index contributed by atoms with van der Waals surface area (Å²) in [5.74, 6) is -1.08. The minimum atomic E-state index is -4.11. The van der Waals surface area contributed by atoms with Gasteiger partial charge in [-0.15, -0.1) is 0 Å². The van der Waals surface area contributed by atoms with Crippen LogP contribution < -0.4 is 5.32 Å². The average molecular weight is 222 g/mol. The van der Waals surface area contributed by atoms with Gasteiger partial charge in [0.05, 0.1) is 12.5 Å². The Labute approximate surface area is 80.0 Å². The Bertz CT molecular complexity index is 299. The molecular formula is C6H11N2O5P. The topological polar surface area (TPSA) is 119 Å². The van der Waals surface area contributed by atoms with Gasteiger partial charge in [-0.2, -0.15) is 0 Å². The van der Waals surface area contributed by atoms with Gasteiger partial charge in [0.25, 0.3) is 0 Å². The summed E-state index contributed by atoms with van der Waals surface area (Å²) < 4.78 is 10.6. The van der Waals surface area contributed by atoms with Gasteiger partial charge < -0.3 is 20.2 Å². The van der Waals surface area contributed by atoms with Gasteiger partial charge in [0.15, 0.2) is 6.04 Å². The molecule has 8 heteroatoms. The molecular weight excluding hydrogens is 211 g/mol. The normalized spacial score (nSPS) is 27.0. The van der Waals surface area contributed by atoms with Gasteiger partial charge >= 0.3 is 13.6 Å². The molecule has 2 unspecified atom stereocenters. The lowest BCUT2D eigenvalue weighted by molar-refractivity contribution is -0.138. The molecule has 0 radical (unpaired) electrons. The molecule has 2 atom stereocenters. The highest BCUT2D eigenvalue weighted by molar-refractivity contribution is 7.51. The first kappa shape index (κ1) is 11.2. The number of aliphatic imine (C=N–C) groups is 1. The SMILES string of the molecule is O=C(O)C1CC(CP(=O)(O)O)NC=N1. The van der Waals surface area contributed by atoms with Gasteiger partial charge in [0.1, 0.15) is 0 Å². The Kier molecular flexibility index (Phi) is 3.25. The number of carbonyl (C=O) groups is 1. The van der Waals surface area contributed by atoms with E-state index in [-0.39, 0.29) is 12.6 Å². The summed E-state index contributed by atoms with van der Waals surface area (Å²) in [6.45, 7) is 0. The number of carboxylic acid groups (broad SMARTS) is 1. The van der Waals surface area contributed by atoms with Crippen molar-refractivity contribution in [3.63, 3.8) is 0 Å². The van der Waals surface area contributed by atoms with Gasteiger partial charge in [-0.05, 0) is 0 Å². The van der Waals surface area contributed by atoms with Crippen molar-refractivity contribution in [2.24, 2.45) is 4.99 Å². The maximum atomic E-state index is 10.6. The number of carboxylic acids is 1. The van der Waals surface area contributed by atoms with Crippen LogP contribution >= 0.6 is 7.60 Å². The van der Waals surface area contributed by atoms with E-state index in [9.17, 15) is 9.36 Å². The van der Waals surface area contributed by atoms with Crippen LogP contribution in [0.4, 0.5) is 0 Å². The maximum Gasteiger partial charge on any atom is 0.328 e. The highest BCUT2D eigenvalue weighted by atomic mass is 31.2.